The maximum Gasteiger partial charge on any atom is 0.223 e. The third kappa shape index (κ3) is 3.47. The van der Waals surface area contributed by atoms with Crippen molar-refractivity contribution in [2.75, 3.05) is 19.6 Å². The summed E-state index contributed by atoms with van der Waals surface area (Å²) in [7, 11) is 0. The summed E-state index contributed by atoms with van der Waals surface area (Å²) in [6.07, 6.45) is 5.55. The van der Waals surface area contributed by atoms with Crippen LogP contribution in [0.1, 0.15) is 52.9 Å². The van der Waals surface area contributed by atoms with Gasteiger partial charge in [-0.3, -0.25) is 4.79 Å². The summed E-state index contributed by atoms with van der Waals surface area (Å²) < 4.78 is 0. The van der Waals surface area contributed by atoms with Crippen molar-refractivity contribution < 1.29 is 4.79 Å². The van der Waals surface area contributed by atoms with Crippen LogP contribution < -0.4 is 5.32 Å². The lowest BCUT2D eigenvalue weighted by molar-refractivity contribution is -0.138. The molecule has 0 aliphatic carbocycles. The van der Waals surface area contributed by atoms with Gasteiger partial charge >= 0.3 is 0 Å². The van der Waals surface area contributed by atoms with Gasteiger partial charge in [0.1, 0.15) is 0 Å². The van der Waals surface area contributed by atoms with E-state index < -0.39 is 0 Å². The number of fused-ring (bicyclic) bond motifs is 1. The highest BCUT2D eigenvalue weighted by Crippen LogP contribution is 2.30. The molecule has 2 fully saturated rings. The molecule has 3 heteroatoms. The Morgan fingerprint density at radius 2 is 2.06 bits per heavy atom. The molecule has 18 heavy (non-hydrogen) atoms. The third-order valence-corrected chi connectivity index (χ3v) is 4.18. The molecule has 2 unspecified atom stereocenters. The summed E-state index contributed by atoms with van der Waals surface area (Å²) in [6, 6.07) is 0.503. The first kappa shape index (κ1) is 13.9. The van der Waals surface area contributed by atoms with Crippen molar-refractivity contribution in [3.63, 3.8) is 0 Å². The van der Waals surface area contributed by atoms with Crippen LogP contribution in [0.5, 0.6) is 0 Å². The van der Waals surface area contributed by atoms with Gasteiger partial charge in [-0.25, -0.2) is 0 Å². The first-order valence-electron chi connectivity index (χ1n) is 7.47. The Kier molecular flexibility index (Phi) is 4.31. The van der Waals surface area contributed by atoms with Crippen molar-refractivity contribution in [3.8, 4) is 0 Å². The van der Waals surface area contributed by atoms with Crippen molar-refractivity contribution in [2.24, 2.45) is 11.3 Å². The molecule has 0 radical (unpaired) electrons. The number of hydrogen-bond acceptors (Lipinski definition) is 2. The topological polar surface area (TPSA) is 32.3 Å². The largest absolute Gasteiger partial charge is 0.339 e. The molecule has 0 aromatic heterocycles. The lowest BCUT2D eigenvalue weighted by Gasteiger charge is -2.41. The van der Waals surface area contributed by atoms with Gasteiger partial charge < -0.3 is 10.2 Å². The second kappa shape index (κ2) is 5.60. The van der Waals surface area contributed by atoms with Gasteiger partial charge in [-0.05, 0) is 50.1 Å². The van der Waals surface area contributed by atoms with E-state index in [0.29, 0.717) is 24.3 Å². The molecule has 104 valence electrons. The SMILES string of the molecule is CC(C)(C)CC(=O)N1CCCC2CNCCCC21. The average molecular weight is 252 g/mol. The van der Waals surface area contributed by atoms with E-state index in [1.165, 1.54) is 25.7 Å². The highest BCUT2D eigenvalue weighted by molar-refractivity contribution is 5.77. The summed E-state index contributed by atoms with van der Waals surface area (Å²) in [5, 5.41) is 3.52. The maximum absolute atomic E-state index is 12.5. The Hall–Kier alpha value is -0.570. The molecule has 2 atom stereocenters. The van der Waals surface area contributed by atoms with Crippen LogP contribution in [0, 0.1) is 11.3 Å². The van der Waals surface area contributed by atoms with Gasteiger partial charge in [0.25, 0.3) is 0 Å². The smallest absolute Gasteiger partial charge is 0.223 e. The van der Waals surface area contributed by atoms with E-state index in [0.717, 1.165) is 19.6 Å². The molecular weight excluding hydrogens is 224 g/mol. The summed E-state index contributed by atoms with van der Waals surface area (Å²) in [5.74, 6) is 1.06. The Labute approximate surface area is 111 Å². The van der Waals surface area contributed by atoms with Gasteiger partial charge in [0.05, 0.1) is 0 Å². The fourth-order valence-electron chi connectivity index (χ4n) is 3.35. The number of rotatable bonds is 1. The van der Waals surface area contributed by atoms with Crippen molar-refractivity contribution in [1.82, 2.24) is 10.2 Å². The van der Waals surface area contributed by atoms with E-state index in [9.17, 15) is 4.79 Å². The van der Waals surface area contributed by atoms with Gasteiger partial charge in [0, 0.05) is 19.0 Å². The predicted octanol–water partition coefficient (Wildman–Crippen LogP) is 2.41. The summed E-state index contributed by atoms with van der Waals surface area (Å²) in [4.78, 5) is 14.7. The number of piperidine rings is 1. The first-order valence-corrected chi connectivity index (χ1v) is 7.47. The average Bonchev–Trinajstić information content (AvgIpc) is 2.50. The summed E-state index contributed by atoms with van der Waals surface area (Å²) in [5.41, 5.74) is 0.104. The molecule has 3 nitrogen and oxygen atoms in total. The number of nitrogens with zero attached hydrogens (tertiary/aromatic N) is 1. The van der Waals surface area contributed by atoms with E-state index in [4.69, 9.17) is 0 Å². The Morgan fingerprint density at radius 1 is 1.28 bits per heavy atom. The number of nitrogens with one attached hydrogen (secondary N) is 1. The Bertz CT molecular complexity index is 295. The fraction of sp³-hybridized carbons (Fsp3) is 0.933. The van der Waals surface area contributed by atoms with Crippen molar-refractivity contribution in [1.29, 1.82) is 0 Å². The van der Waals surface area contributed by atoms with E-state index >= 15 is 0 Å². The number of hydrogen-bond donors (Lipinski definition) is 1. The van der Waals surface area contributed by atoms with E-state index in [-0.39, 0.29) is 5.41 Å². The van der Waals surface area contributed by atoms with Crippen molar-refractivity contribution >= 4 is 5.91 Å². The van der Waals surface area contributed by atoms with Crippen LogP contribution >= 0.6 is 0 Å². The van der Waals surface area contributed by atoms with E-state index in [2.05, 4.69) is 31.0 Å². The second-order valence-corrected chi connectivity index (χ2v) is 7.14. The van der Waals surface area contributed by atoms with Crippen LogP contribution in [0.2, 0.25) is 0 Å². The zero-order valence-corrected chi connectivity index (χ0v) is 12.2. The minimum atomic E-state index is 0.104. The molecule has 2 aliphatic rings. The number of carbonyl (C=O) groups excluding carboxylic acids is 1. The molecule has 0 saturated carbocycles. The number of carbonyl (C=O) groups is 1. The molecule has 2 heterocycles. The highest BCUT2D eigenvalue weighted by atomic mass is 16.2. The van der Waals surface area contributed by atoms with Crippen LogP contribution in [-0.2, 0) is 4.79 Å². The standard InChI is InChI=1S/C15H28N2O/c1-15(2,3)10-14(18)17-9-5-6-12-11-16-8-4-7-13(12)17/h12-13,16H,4-11H2,1-3H3. The zero-order chi connectivity index (χ0) is 13.2. The van der Waals surface area contributed by atoms with Gasteiger partial charge in [0.15, 0.2) is 0 Å². The number of likely N-dealkylation sites (tertiary alicyclic amines) is 1. The van der Waals surface area contributed by atoms with Crippen LogP contribution in [0.15, 0.2) is 0 Å². The first-order chi connectivity index (χ1) is 8.47. The Balaban J connectivity index is 2.03. The molecule has 1 amide bonds. The summed E-state index contributed by atoms with van der Waals surface area (Å²) >= 11 is 0. The van der Waals surface area contributed by atoms with Crippen molar-refractivity contribution in [2.45, 2.75) is 58.9 Å². The molecule has 0 aromatic rings. The highest BCUT2D eigenvalue weighted by Gasteiger charge is 2.35. The molecule has 2 aliphatic heterocycles. The summed E-state index contributed by atoms with van der Waals surface area (Å²) in [6.45, 7) is 9.66. The minimum Gasteiger partial charge on any atom is -0.339 e. The minimum absolute atomic E-state index is 0.104. The molecule has 1 N–H and O–H groups in total. The molecular formula is C15H28N2O. The number of amides is 1. The monoisotopic (exact) mass is 252 g/mol. The maximum atomic E-state index is 12.5. The fourth-order valence-corrected chi connectivity index (χ4v) is 3.35. The normalized spacial score (nSPS) is 29.6. The van der Waals surface area contributed by atoms with Gasteiger partial charge in [-0.2, -0.15) is 0 Å². The quantitative estimate of drug-likeness (QED) is 0.777. The van der Waals surface area contributed by atoms with Crippen LogP contribution in [0.4, 0.5) is 0 Å². The van der Waals surface area contributed by atoms with Crippen LogP contribution in [0.3, 0.4) is 0 Å². The van der Waals surface area contributed by atoms with Gasteiger partial charge in [-0.1, -0.05) is 20.8 Å². The lowest BCUT2D eigenvalue weighted by Crippen LogP contribution is -2.50. The Morgan fingerprint density at radius 3 is 2.78 bits per heavy atom. The van der Waals surface area contributed by atoms with Crippen LogP contribution in [-0.4, -0.2) is 36.5 Å². The molecule has 0 aromatic carbocycles. The molecule has 0 bridgehead atoms. The van der Waals surface area contributed by atoms with Gasteiger partial charge in [-0.15, -0.1) is 0 Å². The molecule has 2 saturated heterocycles. The van der Waals surface area contributed by atoms with Crippen molar-refractivity contribution in [3.05, 3.63) is 0 Å². The predicted molar refractivity (Wildman–Crippen MR) is 74.4 cm³/mol. The van der Waals surface area contributed by atoms with E-state index in [1.54, 1.807) is 0 Å². The zero-order valence-electron chi connectivity index (χ0n) is 12.2. The molecule has 0 spiro atoms. The van der Waals surface area contributed by atoms with Crippen LogP contribution in [0.25, 0.3) is 0 Å². The van der Waals surface area contributed by atoms with E-state index in [1.807, 2.05) is 0 Å². The lowest BCUT2D eigenvalue weighted by atomic mass is 9.85. The molecule has 2 rings (SSSR count). The second-order valence-electron chi connectivity index (χ2n) is 7.14. The third-order valence-electron chi connectivity index (χ3n) is 4.18. The van der Waals surface area contributed by atoms with Gasteiger partial charge in [0.2, 0.25) is 5.91 Å².